The molecule has 2 fully saturated rings. The zero-order valence-electron chi connectivity index (χ0n) is 12.0. The molecule has 0 radical (unpaired) electrons. The molecule has 3 rings (SSSR count). The van der Waals surface area contributed by atoms with E-state index in [2.05, 4.69) is 51.1 Å². The third-order valence-electron chi connectivity index (χ3n) is 6.18. The average Bonchev–Trinajstić information content (AvgIpc) is 2.65. The quantitative estimate of drug-likeness (QED) is 0.642. The molecule has 6 atom stereocenters. The van der Waals surface area contributed by atoms with E-state index in [1.54, 1.807) is 5.56 Å². The van der Waals surface area contributed by atoms with Crippen LogP contribution in [-0.4, -0.2) is 0 Å². The van der Waals surface area contributed by atoms with Crippen LogP contribution < -0.4 is 0 Å². The van der Waals surface area contributed by atoms with Gasteiger partial charge in [-0.15, -0.1) is 0 Å². The second-order valence-corrected chi connectivity index (χ2v) is 6.77. The Morgan fingerprint density at radius 2 is 1.56 bits per heavy atom. The molecule has 2 saturated carbocycles. The number of fused-ring (bicyclic) bond motifs is 1. The zero-order valence-corrected chi connectivity index (χ0v) is 12.0. The molecule has 1 aromatic rings. The molecule has 0 nitrogen and oxygen atoms in total. The topological polar surface area (TPSA) is 0 Å². The van der Waals surface area contributed by atoms with Crippen LogP contribution in [0.5, 0.6) is 0 Å². The lowest BCUT2D eigenvalue weighted by Gasteiger charge is -2.37. The van der Waals surface area contributed by atoms with E-state index in [-0.39, 0.29) is 0 Å². The Bertz CT molecular complexity index is 394. The average molecular weight is 242 g/mol. The van der Waals surface area contributed by atoms with Crippen molar-refractivity contribution in [1.29, 1.82) is 0 Å². The number of benzene rings is 1. The van der Waals surface area contributed by atoms with Gasteiger partial charge < -0.3 is 0 Å². The van der Waals surface area contributed by atoms with Gasteiger partial charge in [0.1, 0.15) is 0 Å². The summed E-state index contributed by atoms with van der Waals surface area (Å²) >= 11 is 0. The van der Waals surface area contributed by atoms with Gasteiger partial charge in [0.05, 0.1) is 0 Å². The molecule has 1 aromatic carbocycles. The molecule has 0 spiro atoms. The Morgan fingerprint density at radius 3 is 2.28 bits per heavy atom. The monoisotopic (exact) mass is 242 g/mol. The van der Waals surface area contributed by atoms with E-state index in [1.165, 1.54) is 19.3 Å². The molecule has 0 saturated heterocycles. The normalized spacial score (nSPS) is 43.7. The van der Waals surface area contributed by atoms with Gasteiger partial charge in [-0.05, 0) is 53.9 Å². The smallest absolute Gasteiger partial charge is 0.0128 e. The van der Waals surface area contributed by atoms with Gasteiger partial charge in [0.15, 0.2) is 0 Å². The molecule has 0 amide bonds. The lowest BCUT2D eigenvalue weighted by Crippen LogP contribution is -2.27. The fraction of sp³-hybridized carbons (Fsp3) is 0.667. The molecule has 0 N–H and O–H groups in total. The van der Waals surface area contributed by atoms with Crippen molar-refractivity contribution in [3.63, 3.8) is 0 Å². The fourth-order valence-corrected chi connectivity index (χ4v) is 4.93. The molecule has 0 aliphatic heterocycles. The molecular formula is C18H26. The van der Waals surface area contributed by atoms with Crippen LogP contribution in [0.2, 0.25) is 0 Å². The summed E-state index contributed by atoms with van der Waals surface area (Å²) in [6.45, 7) is 7.49. The summed E-state index contributed by atoms with van der Waals surface area (Å²) in [5.41, 5.74) is 1.60. The Kier molecular flexibility index (Phi) is 3.21. The third kappa shape index (κ3) is 1.81. The van der Waals surface area contributed by atoms with Gasteiger partial charge in [0, 0.05) is 0 Å². The third-order valence-corrected chi connectivity index (χ3v) is 6.18. The Balaban J connectivity index is 1.92. The van der Waals surface area contributed by atoms with Gasteiger partial charge in [-0.3, -0.25) is 0 Å². The van der Waals surface area contributed by atoms with Gasteiger partial charge in [-0.1, -0.05) is 57.5 Å². The van der Waals surface area contributed by atoms with E-state index in [1.807, 2.05) is 0 Å². The first kappa shape index (κ1) is 12.3. The molecule has 0 heterocycles. The summed E-state index contributed by atoms with van der Waals surface area (Å²) in [6.07, 6.45) is 4.32. The van der Waals surface area contributed by atoms with Crippen molar-refractivity contribution in [2.75, 3.05) is 0 Å². The predicted molar refractivity (Wildman–Crippen MR) is 77.5 cm³/mol. The molecule has 0 heteroatoms. The first-order chi connectivity index (χ1) is 8.70. The van der Waals surface area contributed by atoms with Gasteiger partial charge in [0.2, 0.25) is 0 Å². The van der Waals surface area contributed by atoms with Crippen LogP contribution in [0.4, 0.5) is 0 Å². The number of rotatable bonds is 1. The highest BCUT2D eigenvalue weighted by Gasteiger charge is 2.48. The summed E-state index contributed by atoms with van der Waals surface area (Å²) in [7, 11) is 0. The van der Waals surface area contributed by atoms with Crippen molar-refractivity contribution >= 4 is 0 Å². The van der Waals surface area contributed by atoms with Crippen molar-refractivity contribution in [2.45, 2.75) is 46.0 Å². The maximum absolute atomic E-state index is 2.51. The van der Waals surface area contributed by atoms with Gasteiger partial charge in [-0.25, -0.2) is 0 Å². The second-order valence-electron chi connectivity index (χ2n) is 6.77. The first-order valence-electron chi connectivity index (χ1n) is 7.75. The molecule has 6 unspecified atom stereocenters. The predicted octanol–water partition coefficient (Wildman–Crippen LogP) is 5.11. The van der Waals surface area contributed by atoms with E-state index in [0.29, 0.717) is 0 Å². The van der Waals surface area contributed by atoms with Gasteiger partial charge in [0.25, 0.3) is 0 Å². The Hall–Kier alpha value is -0.780. The highest BCUT2D eigenvalue weighted by Crippen LogP contribution is 2.56. The summed E-state index contributed by atoms with van der Waals surface area (Å²) < 4.78 is 0. The summed E-state index contributed by atoms with van der Waals surface area (Å²) in [4.78, 5) is 0. The molecule has 0 aromatic heterocycles. The van der Waals surface area contributed by atoms with E-state index in [9.17, 15) is 0 Å². The molecule has 2 aliphatic carbocycles. The van der Waals surface area contributed by atoms with Crippen LogP contribution in [0.25, 0.3) is 0 Å². The fourth-order valence-electron chi connectivity index (χ4n) is 4.93. The van der Waals surface area contributed by atoms with Crippen LogP contribution in [0.15, 0.2) is 30.3 Å². The lowest BCUT2D eigenvalue weighted by molar-refractivity contribution is 0.181. The van der Waals surface area contributed by atoms with E-state index < -0.39 is 0 Å². The minimum absolute atomic E-state index is 0.826. The minimum Gasteiger partial charge on any atom is -0.0622 e. The number of hydrogen-bond donors (Lipinski definition) is 0. The van der Waals surface area contributed by atoms with Crippen LogP contribution in [0.1, 0.15) is 51.5 Å². The zero-order chi connectivity index (χ0) is 12.7. The highest BCUT2D eigenvalue weighted by molar-refractivity contribution is 5.22. The van der Waals surface area contributed by atoms with E-state index in [4.69, 9.17) is 0 Å². The summed E-state index contributed by atoms with van der Waals surface area (Å²) in [5.74, 6) is 5.48. The maximum Gasteiger partial charge on any atom is -0.0128 e. The van der Waals surface area contributed by atoms with E-state index >= 15 is 0 Å². The van der Waals surface area contributed by atoms with Crippen molar-refractivity contribution in [3.05, 3.63) is 35.9 Å². The van der Waals surface area contributed by atoms with Crippen molar-refractivity contribution < 1.29 is 0 Å². The van der Waals surface area contributed by atoms with Gasteiger partial charge >= 0.3 is 0 Å². The highest BCUT2D eigenvalue weighted by atomic mass is 14.5. The Morgan fingerprint density at radius 1 is 0.833 bits per heavy atom. The standard InChI is InChI=1S/C18H26/c1-12-13(2)16-10-7-11-17(18(16)14(12)3)15-8-5-4-6-9-15/h4-6,8-9,12-14,16-18H,7,10-11H2,1-3H3. The number of hydrogen-bond acceptors (Lipinski definition) is 0. The van der Waals surface area contributed by atoms with Crippen molar-refractivity contribution in [1.82, 2.24) is 0 Å². The largest absolute Gasteiger partial charge is 0.0622 e. The van der Waals surface area contributed by atoms with E-state index in [0.717, 1.165) is 35.5 Å². The summed E-state index contributed by atoms with van der Waals surface area (Å²) in [5, 5.41) is 0. The van der Waals surface area contributed by atoms with Crippen molar-refractivity contribution in [2.24, 2.45) is 29.6 Å². The van der Waals surface area contributed by atoms with Crippen LogP contribution in [0, 0.1) is 29.6 Å². The molecule has 2 aliphatic rings. The van der Waals surface area contributed by atoms with Crippen molar-refractivity contribution in [3.8, 4) is 0 Å². The first-order valence-corrected chi connectivity index (χ1v) is 7.75. The van der Waals surface area contributed by atoms with Crippen LogP contribution in [-0.2, 0) is 0 Å². The Labute approximate surface area is 112 Å². The van der Waals surface area contributed by atoms with Crippen LogP contribution >= 0.6 is 0 Å². The molecule has 0 bridgehead atoms. The molecule has 18 heavy (non-hydrogen) atoms. The lowest BCUT2D eigenvalue weighted by atomic mass is 9.67. The summed E-state index contributed by atoms with van der Waals surface area (Å²) in [6, 6.07) is 11.3. The molecule has 98 valence electrons. The minimum atomic E-state index is 0.826. The maximum atomic E-state index is 2.51. The molecular weight excluding hydrogens is 216 g/mol. The SMILES string of the molecule is CC1C(C)C2CCCC(c3ccccc3)C2C1C. The second kappa shape index (κ2) is 4.72. The van der Waals surface area contributed by atoms with Crippen LogP contribution in [0.3, 0.4) is 0 Å². The van der Waals surface area contributed by atoms with Gasteiger partial charge in [-0.2, -0.15) is 0 Å².